The number of hydrazine groups is 1. The molecular formula is C4H8N2O2. The van der Waals surface area contributed by atoms with Crippen LogP contribution in [0.3, 0.4) is 0 Å². The summed E-state index contributed by atoms with van der Waals surface area (Å²) in [5.41, 5.74) is 2.05. The molecule has 0 saturated carbocycles. The molecule has 0 rings (SSSR count). The predicted octanol–water partition coefficient (Wildman–Crippen LogP) is -0.516. The third kappa shape index (κ3) is 2.33. The summed E-state index contributed by atoms with van der Waals surface area (Å²) in [7, 11) is 0. The van der Waals surface area contributed by atoms with Gasteiger partial charge in [0, 0.05) is 5.57 Å². The SMILES string of the molecule is C=C(C)C(=O)ONN. The Morgan fingerprint density at radius 2 is 2.38 bits per heavy atom. The van der Waals surface area contributed by atoms with Gasteiger partial charge >= 0.3 is 5.97 Å². The molecule has 0 bridgehead atoms. The van der Waals surface area contributed by atoms with Crippen molar-refractivity contribution in [1.82, 2.24) is 5.59 Å². The summed E-state index contributed by atoms with van der Waals surface area (Å²) < 4.78 is 0. The summed E-state index contributed by atoms with van der Waals surface area (Å²) in [6.07, 6.45) is 0. The van der Waals surface area contributed by atoms with E-state index in [9.17, 15) is 4.79 Å². The van der Waals surface area contributed by atoms with E-state index in [0.29, 0.717) is 5.57 Å². The fraction of sp³-hybridized carbons (Fsp3) is 0.250. The van der Waals surface area contributed by atoms with Crippen LogP contribution in [0.5, 0.6) is 0 Å². The molecule has 0 amide bonds. The molecule has 0 aliphatic carbocycles. The first-order valence-corrected chi connectivity index (χ1v) is 2.00. The highest BCUT2D eigenvalue weighted by atomic mass is 16.7. The van der Waals surface area contributed by atoms with Gasteiger partial charge in [-0.1, -0.05) is 12.2 Å². The Kier molecular flexibility index (Phi) is 2.83. The van der Waals surface area contributed by atoms with Crippen molar-refractivity contribution >= 4 is 5.97 Å². The van der Waals surface area contributed by atoms with Gasteiger partial charge in [0.25, 0.3) is 0 Å². The Labute approximate surface area is 47.2 Å². The molecule has 46 valence electrons. The van der Waals surface area contributed by atoms with Gasteiger partial charge in [-0.25, -0.2) is 10.6 Å². The summed E-state index contributed by atoms with van der Waals surface area (Å²) in [5, 5.41) is 0. The molecule has 0 aromatic carbocycles. The van der Waals surface area contributed by atoms with Gasteiger partial charge in [-0.3, -0.25) is 0 Å². The highest BCUT2D eigenvalue weighted by Gasteiger charge is 1.99. The average Bonchev–Trinajstić information content (AvgIpc) is 1.67. The Bertz CT molecular complexity index is 111. The molecule has 0 radical (unpaired) electrons. The molecule has 0 atom stereocenters. The van der Waals surface area contributed by atoms with Gasteiger partial charge in [-0.05, 0) is 6.92 Å². The van der Waals surface area contributed by atoms with Crippen LogP contribution in [-0.4, -0.2) is 5.97 Å². The zero-order chi connectivity index (χ0) is 6.57. The lowest BCUT2D eigenvalue weighted by Gasteiger charge is -1.96. The molecule has 3 N–H and O–H groups in total. The summed E-state index contributed by atoms with van der Waals surface area (Å²) in [4.78, 5) is 14.4. The van der Waals surface area contributed by atoms with Crippen molar-refractivity contribution in [2.24, 2.45) is 5.84 Å². The van der Waals surface area contributed by atoms with Gasteiger partial charge in [0.05, 0.1) is 0 Å². The Balaban J connectivity index is 3.49. The van der Waals surface area contributed by atoms with E-state index < -0.39 is 5.97 Å². The Hall–Kier alpha value is -0.870. The lowest BCUT2D eigenvalue weighted by atomic mass is 10.4. The van der Waals surface area contributed by atoms with Crippen molar-refractivity contribution < 1.29 is 9.63 Å². The van der Waals surface area contributed by atoms with E-state index in [0.717, 1.165) is 0 Å². The van der Waals surface area contributed by atoms with Gasteiger partial charge in [0.15, 0.2) is 0 Å². The zero-order valence-electron chi connectivity index (χ0n) is 4.60. The van der Waals surface area contributed by atoms with E-state index in [4.69, 9.17) is 0 Å². The monoisotopic (exact) mass is 116 g/mol. The molecular weight excluding hydrogens is 108 g/mol. The molecule has 0 aliphatic rings. The first kappa shape index (κ1) is 7.13. The highest BCUT2D eigenvalue weighted by Crippen LogP contribution is 1.86. The fourth-order valence-electron chi connectivity index (χ4n) is 0.141. The maximum absolute atomic E-state index is 10.3. The standard InChI is InChI=1S/C4H8N2O2/c1-3(2)4(7)8-6-5/h6H,1,5H2,2H3. The third-order valence-corrected chi connectivity index (χ3v) is 0.500. The van der Waals surface area contributed by atoms with E-state index in [1.807, 2.05) is 0 Å². The molecule has 0 fully saturated rings. The minimum atomic E-state index is -0.549. The van der Waals surface area contributed by atoms with Gasteiger partial charge < -0.3 is 4.84 Å². The van der Waals surface area contributed by atoms with Crippen molar-refractivity contribution in [2.75, 3.05) is 0 Å². The first-order chi connectivity index (χ1) is 3.68. The van der Waals surface area contributed by atoms with Gasteiger partial charge in [-0.2, -0.15) is 0 Å². The lowest BCUT2D eigenvalue weighted by Crippen LogP contribution is -2.26. The molecule has 8 heavy (non-hydrogen) atoms. The first-order valence-electron chi connectivity index (χ1n) is 2.00. The van der Waals surface area contributed by atoms with Crippen LogP contribution in [0.1, 0.15) is 6.92 Å². The van der Waals surface area contributed by atoms with Crippen molar-refractivity contribution in [3.63, 3.8) is 0 Å². The number of nitrogens with two attached hydrogens (primary N) is 1. The second-order valence-electron chi connectivity index (χ2n) is 1.29. The molecule has 0 aliphatic heterocycles. The van der Waals surface area contributed by atoms with Gasteiger partial charge in [0.1, 0.15) is 0 Å². The minimum Gasteiger partial charge on any atom is -0.352 e. The van der Waals surface area contributed by atoms with Crippen LogP contribution in [0.2, 0.25) is 0 Å². The van der Waals surface area contributed by atoms with E-state index in [2.05, 4.69) is 17.3 Å². The molecule has 0 aromatic rings. The Morgan fingerprint density at radius 3 is 2.50 bits per heavy atom. The second-order valence-corrected chi connectivity index (χ2v) is 1.29. The highest BCUT2D eigenvalue weighted by molar-refractivity contribution is 5.86. The van der Waals surface area contributed by atoms with Crippen LogP contribution in [0, 0.1) is 0 Å². The number of hydrogen-bond acceptors (Lipinski definition) is 4. The number of rotatable bonds is 2. The van der Waals surface area contributed by atoms with Gasteiger partial charge in [-0.15, -0.1) is 0 Å². The molecule has 0 unspecified atom stereocenters. The van der Waals surface area contributed by atoms with E-state index in [-0.39, 0.29) is 0 Å². The van der Waals surface area contributed by atoms with Crippen molar-refractivity contribution in [2.45, 2.75) is 6.92 Å². The summed E-state index contributed by atoms with van der Waals surface area (Å²) >= 11 is 0. The number of hydrogen-bond donors (Lipinski definition) is 2. The lowest BCUT2D eigenvalue weighted by molar-refractivity contribution is -0.146. The van der Waals surface area contributed by atoms with Gasteiger partial charge in [0.2, 0.25) is 0 Å². The van der Waals surface area contributed by atoms with E-state index in [1.54, 1.807) is 5.59 Å². The van der Waals surface area contributed by atoms with Crippen LogP contribution in [-0.2, 0) is 9.63 Å². The summed E-state index contributed by atoms with van der Waals surface area (Å²) in [6.45, 7) is 4.83. The molecule has 4 nitrogen and oxygen atoms in total. The number of carbonyl (C=O) groups excluding carboxylic acids is 1. The summed E-state index contributed by atoms with van der Waals surface area (Å²) in [6, 6.07) is 0. The van der Waals surface area contributed by atoms with E-state index >= 15 is 0 Å². The topological polar surface area (TPSA) is 64.3 Å². The number of carbonyl (C=O) groups is 1. The van der Waals surface area contributed by atoms with Crippen LogP contribution < -0.4 is 11.4 Å². The quantitative estimate of drug-likeness (QED) is 0.289. The second kappa shape index (κ2) is 3.17. The largest absolute Gasteiger partial charge is 0.353 e. The van der Waals surface area contributed by atoms with Crippen LogP contribution in [0.15, 0.2) is 12.2 Å². The van der Waals surface area contributed by atoms with Crippen molar-refractivity contribution in [1.29, 1.82) is 0 Å². The maximum atomic E-state index is 10.3. The molecule has 0 spiro atoms. The smallest absolute Gasteiger partial charge is 0.352 e. The minimum absolute atomic E-state index is 0.308. The van der Waals surface area contributed by atoms with Crippen molar-refractivity contribution in [3.8, 4) is 0 Å². The third-order valence-electron chi connectivity index (χ3n) is 0.500. The average molecular weight is 116 g/mol. The molecule has 0 heterocycles. The van der Waals surface area contributed by atoms with Crippen LogP contribution in [0.4, 0.5) is 0 Å². The molecule has 0 saturated heterocycles. The van der Waals surface area contributed by atoms with Crippen LogP contribution in [0.25, 0.3) is 0 Å². The maximum Gasteiger partial charge on any atom is 0.353 e. The van der Waals surface area contributed by atoms with Crippen molar-refractivity contribution in [3.05, 3.63) is 12.2 Å². The number of nitrogens with one attached hydrogen (secondary N) is 1. The van der Waals surface area contributed by atoms with E-state index in [1.165, 1.54) is 6.92 Å². The normalized spacial score (nSPS) is 8.25. The molecule has 0 aromatic heterocycles. The van der Waals surface area contributed by atoms with Crippen LogP contribution >= 0.6 is 0 Å². The predicted molar refractivity (Wildman–Crippen MR) is 28.2 cm³/mol. The zero-order valence-corrected chi connectivity index (χ0v) is 4.60. The molecule has 4 heteroatoms. The fourth-order valence-corrected chi connectivity index (χ4v) is 0.141. The summed E-state index contributed by atoms with van der Waals surface area (Å²) in [5.74, 6) is 4.08. The Morgan fingerprint density at radius 1 is 1.88 bits per heavy atom.